The van der Waals surface area contributed by atoms with Gasteiger partial charge >= 0.3 is 0 Å². The summed E-state index contributed by atoms with van der Waals surface area (Å²) in [5.41, 5.74) is 0. The lowest BCUT2D eigenvalue weighted by Gasteiger charge is -2.25. The van der Waals surface area contributed by atoms with E-state index in [2.05, 4.69) is 43.4 Å². The summed E-state index contributed by atoms with van der Waals surface area (Å²) in [4.78, 5) is 4.43. The molecule has 0 saturated carbocycles. The number of rotatable bonds is 6. The average Bonchev–Trinajstić information content (AvgIpc) is 2.66. The van der Waals surface area contributed by atoms with Gasteiger partial charge in [0.25, 0.3) is 0 Å². The number of hydrogen-bond acceptors (Lipinski definition) is 3. The van der Waals surface area contributed by atoms with Gasteiger partial charge in [-0.25, -0.2) is 4.98 Å². The summed E-state index contributed by atoms with van der Waals surface area (Å²) < 4.78 is 0. The van der Waals surface area contributed by atoms with Crippen molar-refractivity contribution in [2.24, 2.45) is 5.92 Å². The smallest absolute Gasteiger partial charge is 0.110 e. The fourth-order valence-corrected chi connectivity index (χ4v) is 2.68. The van der Waals surface area contributed by atoms with Crippen LogP contribution >= 0.6 is 11.3 Å². The van der Waals surface area contributed by atoms with Crippen LogP contribution in [0.1, 0.15) is 51.6 Å². The van der Waals surface area contributed by atoms with Crippen LogP contribution in [0, 0.1) is 5.92 Å². The van der Waals surface area contributed by atoms with Crippen LogP contribution < -0.4 is 5.32 Å². The minimum Gasteiger partial charge on any atom is -0.305 e. The van der Waals surface area contributed by atoms with Crippen molar-refractivity contribution in [3.63, 3.8) is 0 Å². The number of nitrogens with zero attached hydrogens (tertiary/aromatic N) is 1. The van der Waals surface area contributed by atoms with E-state index < -0.39 is 0 Å². The van der Waals surface area contributed by atoms with Crippen molar-refractivity contribution in [3.05, 3.63) is 16.6 Å². The van der Waals surface area contributed by atoms with Crippen molar-refractivity contribution in [1.29, 1.82) is 0 Å². The second kappa shape index (κ2) is 6.23. The van der Waals surface area contributed by atoms with E-state index in [-0.39, 0.29) is 0 Å². The lowest BCUT2D eigenvalue weighted by atomic mass is 9.97. The van der Waals surface area contributed by atoms with E-state index in [9.17, 15) is 0 Å². The number of nitrogens with one attached hydrogen (secondary N) is 1. The summed E-state index contributed by atoms with van der Waals surface area (Å²) in [5, 5.41) is 6.90. The number of hydrogen-bond donors (Lipinski definition) is 1. The fraction of sp³-hybridized carbons (Fsp3) is 0.750. The largest absolute Gasteiger partial charge is 0.305 e. The van der Waals surface area contributed by atoms with Crippen LogP contribution in [0.2, 0.25) is 0 Å². The van der Waals surface area contributed by atoms with Crippen molar-refractivity contribution >= 4 is 11.3 Å². The minimum absolute atomic E-state index is 0.421. The first kappa shape index (κ1) is 12.7. The van der Waals surface area contributed by atoms with Gasteiger partial charge in [-0.05, 0) is 12.3 Å². The van der Waals surface area contributed by atoms with Crippen LogP contribution in [0.3, 0.4) is 0 Å². The topological polar surface area (TPSA) is 24.9 Å². The van der Waals surface area contributed by atoms with E-state index in [4.69, 9.17) is 0 Å². The van der Waals surface area contributed by atoms with Gasteiger partial charge in [0, 0.05) is 17.6 Å². The van der Waals surface area contributed by atoms with E-state index in [1.807, 2.05) is 6.20 Å². The zero-order chi connectivity index (χ0) is 11.3. The van der Waals surface area contributed by atoms with Crippen molar-refractivity contribution in [1.82, 2.24) is 10.3 Å². The molecule has 1 rings (SSSR count). The second-order valence-corrected chi connectivity index (χ2v) is 5.36. The Kier molecular flexibility index (Phi) is 5.26. The molecule has 1 heterocycles. The van der Waals surface area contributed by atoms with Gasteiger partial charge in [0.05, 0.1) is 6.04 Å². The molecule has 0 saturated heterocycles. The Morgan fingerprint density at radius 3 is 2.60 bits per heavy atom. The third-order valence-corrected chi connectivity index (χ3v) is 3.40. The van der Waals surface area contributed by atoms with E-state index in [0.29, 0.717) is 18.0 Å². The first-order valence-corrected chi connectivity index (χ1v) is 6.68. The molecule has 0 aromatic carbocycles. The number of aromatic nitrogens is 1. The van der Waals surface area contributed by atoms with Crippen molar-refractivity contribution in [2.45, 2.75) is 52.6 Å². The highest BCUT2D eigenvalue weighted by molar-refractivity contribution is 7.09. The predicted octanol–water partition coefficient (Wildman–Crippen LogP) is 3.62. The molecule has 2 unspecified atom stereocenters. The molecule has 0 amide bonds. The third-order valence-electron chi connectivity index (χ3n) is 2.54. The van der Waals surface area contributed by atoms with Crippen molar-refractivity contribution in [3.8, 4) is 0 Å². The maximum Gasteiger partial charge on any atom is 0.110 e. The second-order valence-electron chi connectivity index (χ2n) is 4.44. The molecule has 0 aliphatic rings. The molecule has 1 aromatic rings. The predicted molar refractivity (Wildman–Crippen MR) is 67.2 cm³/mol. The highest BCUT2D eigenvalue weighted by Crippen LogP contribution is 2.27. The Morgan fingerprint density at radius 2 is 2.13 bits per heavy atom. The molecule has 0 aliphatic heterocycles. The average molecular weight is 226 g/mol. The van der Waals surface area contributed by atoms with E-state index in [1.54, 1.807) is 11.3 Å². The van der Waals surface area contributed by atoms with Crippen molar-refractivity contribution in [2.75, 3.05) is 0 Å². The monoisotopic (exact) mass is 226 g/mol. The maximum atomic E-state index is 4.43. The maximum absolute atomic E-state index is 4.43. The van der Waals surface area contributed by atoms with Crippen molar-refractivity contribution < 1.29 is 0 Å². The summed E-state index contributed by atoms with van der Waals surface area (Å²) >= 11 is 1.75. The summed E-state index contributed by atoms with van der Waals surface area (Å²) in [6, 6.07) is 0.933. The molecule has 3 heteroatoms. The van der Waals surface area contributed by atoms with Gasteiger partial charge in [-0.3, -0.25) is 0 Å². The normalized spacial score (nSPS) is 15.5. The van der Waals surface area contributed by atoms with Gasteiger partial charge in [-0.1, -0.05) is 34.1 Å². The first-order chi connectivity index (χ1) is 7.15. The molecule has 86 valence electrons. The molecule has 0 fully saturated rings. The van der Waals surface area contributed by atoms with Crippen LogP contribution in [0.15, 0.2) is 11.6 Å². The van der Waals surface area contributed by atoms with Gasteiger partial charge in [0.15, 0.2) is 0 Å². The Morgan fingerprint density at radius 1 is 1.40 bits per heavy atom. The standard InChI is InChI=1S/C12H22N2S/c1-5-6-10(4)11(14-9(2)3)12-13-7-8-15-12/h7-11,14H,5-6H2,1-4H3. The molecule has 0 spiro atoms. The lowest BCUT2D eigenvalue weighted by molar-refractivity contribution is 0.339. The molecule has 1 N–H and O–H groups in total. The molecule has 15 heavy (non-hydrogen) atoms. The van der Waals surface area contributed by atoms with E-state index in [0.717, 1.165) is 0 Å². The van der Waals surface area contributed by atoms with Crippen LogP contribution in [0.4, 0.5) is 0 Å². The molecule has 0 bridgehead atoms. The van der Waals surface area contributed by atoms with Gasteiger partial charge in [-0.2, -0.15) is 0 Å². The SMILES string of the molecule is CCCC(C)C(NC(C)C)c1nccs1. The zero-order valence-electron chi connectivity index (χ0n) is 10.2. The van der Waals surface area contributed by atoms with Crippen LogP contribution in [0.5, 0.6) is 0 Å². The highest BCUT2D eigenvalue weighted by Gasteiger charge is 2.21. The summed E-state index contributed by atoms with van der Waals surface area (Å²) in [7, 11) is 0. The van der Waals surface area contributed by atoms with Crippen LogP contribution in [-0.4, -0.2) is 11.0 Å². The van der Waals surface area contributed by atoms with Gasteiger partial charge < -0.3 is 5.32 Å². The van der Waals surface area contributed by atoms with Gasteiger partial charge in [0.1, 0.15) is 5.01 Å². The Balaban J connectivity index is 2.69. The van der Waals surface area contributed by atoms with Gasteiger partial charge in [-0.15, -0.1) is 11.3 Å². The van der Waals surface area contributed by atoms with E-state index >= 15 is 0 Å². The molecule has 2 nitrogen and oxygen atoms in total. The lowest BCUT2D eigenvalue weighted by Crippen LogP contribution is -2.32. The van der Waals surface area contributed by atoms with Crippen LogP contribution in [-0.2, 0) is 0 Å². The minimum atomic E-state index is 0.421. The molecule has 0 aliphatic carbocycles. The summed E-state index contributed by atoms with van der Waals surface area (Å²) in [6.07, 6.45) is 4.39. The summed E-state index contributed by atoms with van der Waals surface area (Å²) in [5.74, 6) is 0.656. The Bertz CT molecular complexity index is 257. The Labute approximate surface area is 97.1 Å². The molecule has 0 radical (unpaired) electrons. The fourth-order valence-electron chi connectivity index (χ4n) is 1.85. The molecule has 2 atom stereocenters. The Hall–Kier alpha value is -0.410. The van der Waals surface area contributed by atoms with E-state index in [1.165, 1.54) is 17.8 Å². The highest BCUT2D eigenvalue weighted by atomic mass is 32.1. The zero-order valence-corrected chi connectivity index (χ0v) is 11.0. The molecule has 1 aromatic heterocycles. The summed E-state index contributed by atoms with van der Waals surface area (Å²) in [6.45, 7) is 8.94. The first-order valence-electron chi connectivity index (χ1n) is 5.80. The third kappa shape index (κ3) is 3.92. The van der Waals surface area contributed by atoms with Crippen LogP contribution in [0.25, 0.3) is 0 Å². The molecular weight excluding hydrogens is 204 g/mol. The van der Waals surface area contributed by atoms with Gasteiger partial charge in [0.2, 0.25) is 0 Å². The number of thiazole rings is 1. The molecular formula is C12H22N2S. The quantitative estimate of drug-likeness (QED) is 0.801.